The Hall–Kier alpha value is -1.56. The number of rotatable bonds is 2. The van der Waals surface area contributed by atoms with Gasteiger partial charge in [-0.3, -0.25) is 9.59 Å². The van der Waals surface area contributed by atoms with E-state index in [0.717, 1.165) is 10.0 Å². The summed E-state index contributed by atoms with van der Waals surface area (Å²) in [5.41, 5.74) is 7.35. The zero-order valence-corrected chi connectivity index (χ0v) is 11.6. The number of nitrogens with zero attached hydrogens (tertiary/aromatic N) is 2. The molecule has 0 atom stereocenters. The van der Waals surface area contributed by atoms with Crippen molar-refractivity contribution in [2.24, 2.45) is 0 Å². The van der Waals surface area contributed by atoms with Gasteiger partial charge in [-0.2, -0.15) is 0 Å². The average Bonchev–Trinajstić information content (AvgIpc) is 2.33. The second-order valence-electron chi connectivity index (χ2n) is 4.30. The van der Waals surface area contributed by atoms with Crippen LogP contribution in [0.5, 0.6) is 0 Å². The molecule has 1 aromatic rings. The Morgan fingerprint density at radius 2 is 2.00 bits per heavy atom. The Morgan fingerprint density at radius 1 is 1.28 bits per heavy atom. The second-order valence-corrected chi connectivity index (χ2v) is 5.21. The van der Waals surface area contributed by atoms with Crippen LogP contribution in [0.1, 0.15) is 5.56 Å². The van der Waals surface area contributed by atoms with Crippen LogP contribution in [-0.4, -0.2) is 41.8 Å². The number of halogens is 1. The normalized spacial score (nSPS) is 16.3. The lowest BCUT2D eigenvalue weighted by molar-refractivity contribution is -0.155. The quantitative estimate of drug-likeness (QED) is 0.650. The summed E-state index contributed by atoms with van der Waals surface area (Å²) in [6.07, 6.45) is 0. The predicted molar refractivity (Wildman–Crippen MR) is 71.6 cm³/mol. The Labute approximate surface area is 114 Å². The van der Waals surface area contributed by atoms with E-state index in [1.165, 1.54) is 9.80 Å². The third-order valence-corrected chi connectivity index (χ3v) is 3.48. The Kier molecular flexibility index (Phi) is 3.56. The molecule has 2 amide bonds. The summed E-state index contributed by atoms with van der Waals surface area (Å²) < 4.78 is 0.893. The van der Waals surface area contributed by atoms with Gasteiger partial charge in [0.25, 0.3) is 0 Å². The molecule has 18 heavy (non-hydrogen) atoms. The number of likely N-dealkylation sites (N-methyl/N-ethyl adjacent to an activating group) is 1. The summed E-state index contributed by atoms with van der Waals surface area (Å²) in [4.78, 5) is 26.3. The van der Waals surface area contributed by atoms with Crippen molar-refractivity contribution in [3.63, 3.8) is 0 Å². The zero-order valence-electron chi connectivity index (χ0n) is 10.0. The van der Waals surface area contributed by atoms with Crippen molar-refractivity contribution in [2.75, 3.05) is 25.9 Å². The molecule has 0 spiro atoms. The lowest BCUT2D eigenvalue weighted by Crippen LogP contribution is -2.52. The van der Waals surface area contributed by atoms with Crippen molar-refractivity contribution in [3.8, 4) is 0 Å². The van der Waals surface area contributed by atoms with Crippen molar-refractivity contribution < 1.29 is 9.59 Å². The number of hydrogen-bond donors (Lipinski definition) is 1. The van der Waals surface area contributed by atoms with Gasteiger partial charge in [0, 0.05) is 36.8 Å². The maximum atomic E-state index is 11.8. The van der Waals surface area contributed by atoms with Crippen LogP contribution in [0.4, 0.5) is 5.69 Å². The summed E-state index contributed by atoms with van der Waals surface area (Å²) in [6.45, 7) is 1.47. The van der Waals surface area contributed by atoms with Crippen LogP contribution in [0, 0.1) is 0 Å². The summed E-state index contributed by atoms with van der Waals surface area (Å²) in [6, 6.07) is 5.52. The van der Waals surface area contributed by atoms with E-state index in [2.05, 4.69) is 15.9 Å². The van der Waals surface area contributed by atoms with E-state index in [1.807, 2.05) is 12.1 Å². The molecule has 96 valence electrons. The van der Waals surface area contributed by atoms with Gasteiger partial charge in [-0.1, -0.05) is 22.0 Å². The first kappa shape index (κ1) is 12.9. The van der Waals surface area contributed by atoms with Crippen molar-refractivity contribution in [1.29, 1.82) is 0 Å². The zero-order chi connectivity index (χ0) is 13.3. The maximum Gasteiger partial charge on any atom is 0.312 e. The van der Waals surface area contributed by atoms with Gasteiger partial charge < -0.3 is 15.5 Å². The molecular formula is C12H14BrN3O2. The van der Waals surface area contributed by atoms with Gasteiger partial charge in [0.2, 0.25) is 0 Å². The van der Waals surface area contributed by atoms with Crippen LogP contribution < -0.4 is 5.73 Å². The number of nitrogens with two attached hydrogens (primary N) is 1. The topological polar surface area (TPSA) is 66.6 Å². The van der Waals surface area contributed by atoms with Crippen LogP contribution in [0.3, 0.4) is 0 Å². The SMILES string of the molecule is CN1CCN(Cc2ccc(Br)cc2N)C(=O)C1=O. The number of nitrogen functional groups attached to an aromatic ring is 1. The number of hydrogen-bond acceptors (Lipinski definition) is 3. The predicted octanol–water partition coefficient (Wildman–Crippen LogP) is 0.832. The van der Waals surface area contributed by atoms with Gasteiger partial charge in [0.1, 0.15) is 0 Å². The first-order chi connectivity index (χ1) is 8.49. The molecule has 5 nitrogen and oxygen atoms in total. The molecule has 1 aliphatic rings. The van der Waals surface area contributed by atoms with Crippen molar-refractivity contribution in [2.45, 2.75) is 6.54 Å². The number of carbonyl (C=O) groups is 2. The van der Waals surface area contributed by atoms with Gasteiger partial charge in [0.15, 0.2) is 0 Å². The van der Waals surface area contributed by atoms with Crippen LogP contribution in [0.25, 0.3) is 0 Å². The van der Waals surface area contributed by atoms with E-state index in [-0.39, 0.29) is 0 Å². The number of carbonyl (C=O) groups excluding carboxylic acids is 2. The summed E-state index contributed by atoms with van der Waals surface area (Å²) in [7, 11) is 1.63. The maximum absolute atomic E-state index is 11.8. The largest absolute Gasteiger partial charge is 0.398 e. The molecule has 1 aliphatic heterocycles. The lowest BCUT2D eigenvalue weighted by Gasteiger charge is -2.31. The molecule has 0 aromatic heterocycles. The van der Waals surface area contributed by atoms with E-state index < -0.39 is 11.8 Å². The fraction of sp³-hybridized carbons (Fsp3) is 0.333. The molecule has 2 rings (SSSR count). The van der Waals surface area contributed by atoms with Gasteiger partial charge >= 0.3 is 11.8 Å². The van der Waals surface area contributed by atoms with Crippen molar-refractivity contribution in [1.82, 2.24) is 9.80 Å². The van der Waals surface area contributed by atoms with Gasteiger partial charge in [-0.25, -0.2) is 0 Å². The third-order valence-electron chi connectivity index (χ3n) is 2.99. The van der Waals surface area contributed by atoms with Crippen LogP contribution >= 0.6 is 15.9 Å². The minimum absolute atomic E-state index is 0.373. The lowest BCUT2D eigenvalue weighted by atomic mass is 10.1. The monoisotopic (exact) mass is 311 g/mol. The van der Waals surface area contributed by atoms with E-state index in [1.54, 1.807) is 13.1 Å². The van der Waals surface area contributed by atoms with E-state index in [9.17, 15) is 9.59 Å². The molecular weight excluding hydrogens is 298 g/mol. The average molecular weight is 312 g/mol. The number of amides is 2. The highest BCUT2D eigenvalue weighted by molar-refractivity contribution is 9.10. The molecule has 2 N–H and O–H groups in total. The number of piperazine rings is 1. The molecule has 1 heterocycles. The fourth-order valence-corrected chi connectivity index (χ4v) is 2.22. The minimum atomic E-state index is -0.467. The smallest absolute Gasteiger partial charge is 0.312 e. The van der Waals surface area contributed by atoms with Gasteiger partial charge in [-0.15, -0.1) is 0 Å². The van der Waals surface area contributed by atoms with Crippen LogP contribution in [0.2, 0.25) is 0 Å². The minimum Gasteiger partial charge on any atom is -0.398 e. The highest BCUT2D eigenvalue weighted by Crippen LogP contribution is 2.20. The highest BCUT2D eigenvalue weighted by atomic mass is 79.9. The molecule has 0 radical (unpaired) electrons. The molecule has 1 aromatic carbocycles. The molecule has 0 aliphatic carbocycles. The number of anilines is 1. The van der Waals surface area contributed by atoms with Gasteiger partial charge in [-0.05, 0) is 17.7 Å². The summed E-state index contributed by atoms with van der Waals surface area (Å²) >= 11 is 3.33. The van der Waals surface area contributed by atoms with E-state index in [0.29, 0.717) is 25.3 Å². The first-order valence-electron chi connectivity index (χ1n) is 5.57. The third kappa shape index (κ3) is 2.48. The van der Waals surface area contributed by atoms with E-state index >= 15 is 0 Å². The highest BCUT2D eigenvalue weighted by Gasteiger charge is 2.30. The molecule has 0 saturated carbocycles. The number of benzene rings is 1. The molecule has 1 saturated heterocycles. The fourth-order valence-electron chi connectivity index (χ4n) is 1.84. The van der Waals surface area contributed by atoms with Gasteiger partial charge in [0.05, 0.1) is 0 Å². The van der Waals surface area contributed by atoms with E-state index in [4.69, 9.17) is 5.73 Å². The Bertz CT molecular complexity index is 504. The van der Waals surface area contributed by atoms with Crippen LogP contribution in [-0.2, 0) is 16.1 Å². The Morgan fingerprint density at radius 3 is 2.67 bits per heavy atom. The second kappa shape index (κ2) is 4.97. The van der Waals surface area contributed by atoms with Crippen molar-refractivity contribution >= 4 is 33.4 Å². The summed E-state index contributed by atoms with van der Waals surface area (Å²) in [5, 5.41) is 0. The molecule has 1 fully saturated rings. The Balaban J connectivity index is 2.14. The standard InChI is InChI=1S/C12H14BrN3O2/c1-15-4-5-16(12(18)11(15)17)7-8-2-3-9(13)6-10(8)14/h2-3,6H,4-5,7,14H2,1H3. The molecule has 0 unspecified atom stereocenters. The van der Waals surface area contributed by atoms with Crippen molar-refractivity contribution in [3.05, 3.63) is 28.2 Å². The summed E-state index contributed by atoms with van der Waals surface area (Å²) in [5.74, 6) is -0.928. The van der Waals surface area contributed by atoms with Crippen LogP contribution in [0.15, 0.2) is 22.7 Å². The molecule has 6 heteroatoms. The first-order valence-corrected chi connectivity index (χ1v) is 6.36. The molecule has 0 bridgehead atoms.